The minimum absolute atomic E-state index is 0.330. The first kappa shape index (κ1) is 14.9. The minimum atomic E-state index is -1.10. The van der Waals surface area contributed by atoms with E-state index in [1.807, 2.05) is 17.8 Å². The van der Waals surface area contributed by atoms with Crippen LogP contribution in [-0.2, 0) is 16.2 Å². The van der Waals surface area contributed by atoms with E-state index >= 15 is 0 Å². The summed E-state index contributed by atoms with van der Waals surface area (Å²) >= 11 is 0. The van der Waals surface area contributed by atoms with Gasteiger partial charge in [-0.05, 0) is 26.7 Å². The molecule has 2 aromatic rings. The highest BCUT2D eigenvalue weighted by atomic mass is 16.7. The van der Waals surface area contributed by atoms with Gasteiger partial charge in [0.15, 0.2) is 5.65 Å². The molecule has 126 valence electrons. The van der Waals surface area contributed by atoms with Gasteiger partial charge in [0.25, 0.3) is 5.91 Å². The summed E-state index contributed by atoms with van der Waals surface area (Å²) in [4.78, 5) is 21.5. The molecule has 1 amide bonds. The van der Waals surface area contributed by atoms with E-state index in [2.05, 4.69) is 20.6 Å². The summed E-state index contributed by atoms with van der Waals surface area (Å²) in [5, 5.41) is 13.0. The number of pyridine rings is 1. The lowest BCUT2D eigenvalue weighted by Gasteiger charge is -2.16. The molecular weight excluding hydrogens is 308 g/mol. The largest absolute Gasteiger partial charge is 0.381 e. The van der Waals surface area contributed by atoms with E-state index in [4.69, 9.17) is 10.6 Å². The van der Waals surface area contributed by atoms with E-state index < -0.39 is 11.5 Å². The highest BCUT2D eigenvalue weighted by Gasteiger charge is 2.41. The standard InChI is InChI=1S/C16H20N6O2/c1-3-22-14-11(8-19-22)13(20-9-4-5-9)10(7-18-14)12-6-16(2,15(17)23)24-21-12/h7-9H,3-6H2,1-2H3,(H2,17,23)(H,18,20). The van der Waals surface area contributed by atoms with E-state index in [1.54, 1.807) is 13.1 Å². The Morgan fingerprint density at radius 1 is 1.50 bits per heavy atom. The van der Waals surface area contributed by atoms with Crippen molar-refractivity contribution in [2.75, 3.05) is 5.32 Å². The first-order chi connectivity index (χ1) is 11.5. The number of oxime groups is 1. The zero-order chi connectivity index (χ0) is 16.9. The van der Waals surface area contributed by atoms with Gasteiger partial charge >= 0.3 is 0 Å². The van der Waals surface area contributed by atoms with Crippen LogP contribution in [0.25, 0.3) is 11.0 Å². The molecule has 3 N–H and O–H groups in total. The Balaban J connectivity index is 1.79. The molecule has 24 heavy (non-hydrogen) atoms. The van der Waals surface area contributed by atoms with Crippen molar-refractivity contribution in [2.24, 2.45) is 10.9 Å². The summed E-state index contributed by atoms with van der Waals surface area (Å²) < 4.78 is 1.86. The number of nitrogens with one attached hydrogen (secondary N) is 1. The minimum Gasteiger partial charge on any atom is -0.381 e. The van der Waals surface area contributed by atoms with Crippen LogP contribution in [0.1, 0.15) is 38.7 Å². The summed E-state index contributed by atoms with van der Waals surface area (Å²) in [7, 11) is 0. The molecule has 1 saturated carbocycles. The van der Waals surface area contributed by atoms with Crippen LogP contribution in [0.2, 0.25) is 0 Å². The third-order valence-electron chi connectivity index (χ3n) is 4.59. The van der Waals surface area contributed by atoms with Gasteiger partial charge in [-0.25, -0.2) is 9.67 Å². The maximum atomic E-state index is 11.6. The number of carbonyl (C=O) groups excluding carboxylic acids is 1. The molecule has 0 bridgehead atoms. The number of aromatic nitrogens is 3. The van der Waals surface area contributed by atoms with Gasteiger partial charge in [-0.2, -0.15) is 5.10 Å². The van der Waals surface area contributed by atoms with E-state index in [9.17, 15) is 4.79 Å². The van der Waals surface area contributed by atoms with Gasteiger partial charge in [0, 0.05) is 30.8 Å². The Kier molecular flexibility index (Phi) is 3.22. The monoisotopic (exact) mass is 328 g/mol. The van der Waals surface area contributed by atoms with Gasteiger partial charge in [0.1, 0.15) is 0 Å². The molecule has 2 aromatic heterocycles. The number of nitrogens with zero attached hydrogens (tertiary/aromatic N) is 4. The van der Waals surface area contributed by atoms with E-state index in [1.165, 1.54) is 0 Å². The van der Waals surface area contributed by atoms with Gasteiger partial charge in [0.05, 0.1) is 23.0 Å². The van der Waals surface area contributed by atoms with Crippen LogP contribution in [0.5, 0.6) is 0 Å². The van der Waals surface area contributed by atoms with Gasteiger partial charge in [-0.1, -0.05) is 5.16 Å². The summed E-state index contributed by atoms with van der Waals surface area (Å²) in [5.41, 5.74) is 7.64. The highest BCUT2D eigenvalue weighted by molar-refractivity contribution is 6.12. The Hall–Kier alpha value is -2.64. The topological polar surface area (TPSA) is 107 Å². The average molecular weight is 328 g/mol. The van der Waals surface area contributed by atoms with E-state index in [0.29, 0.717) is 18.2 Å². The SMILES string of the molecule is CCn1ncc2c(NC3CC3)c(C3=NOC(C)(C(N)=O)C3)cnc21. The Labute approximate surface area is 139 Å². The average Bonchev–Trinajstić information content (AvgIpc) is 3.13. The maximum absolute atomic E-state index is 11.6. The number of hydrogen-bond donors (Lipinski definition) is 2. The predicted octanol–water partition coefficient (Wildman–Crippen LogP) is 1.39. The van der Waals surface area contributed by atoms with Crippen LogP contribution in [0.15, 0.2) is 17.5 Å². The molecule has 0 spiro atoms. The summed E-state index contributed by atoms with van der Waals surface area (Å²) in [6.45, 7) is 4.44. The fraction of sp³-hybridized carbons (Fsp3) is 0.500. The molecule has 1 atom stereocenters. The quantitative estimate of drug-likeness (QED) is 0.862. The number of primary amides is 1. The predicted molar refractivity (Wildman–Crippen MR) is 89.7 cm³/mol. The molecule has 8 nitrogen and oxygen atoms in total. The van der Waals surface area contributed by atoms with Crippen LogP contribution in [0, 0.1) is 0 Å². The second kappa shape index (κ2) is 5.19. The Morgan fingerprint density at radius 3 is 2.92 bits per heavy atom. The third-order valence-corrected chi connectivity index (χ3v) is 4.59. The molecule has 1 aliphatic heterocycles. The summed E-state index contributed by atoms with van der Waals surface area (Å²) in [6, 6.07) is 0.463. The van der Waals surface area contributed by atoms with Crippen molar-refractivity contribution >= 4 is 28.3 Å². The molecule has 1 aliphatic carbocycles. The number of anilines is 1. The van der Waals surface area contributed by atoms with Gasteiger partial charge < -0.3 is 15.9 Å². The van der Waals surface area contributed by atoms with Gasteiger partial charge in [-0.3, -0.25) is 4.79 Å². The number of rotatable bonds is 5. The molecule has 2 aliphatic rings. The summed E-state index contributed by atoms with van der Waals surface area (Å²) in [5.74, 6) is -0.522. The fourth-order valence-corrected chi connectivity index (χ4v) is 2.88. The smallest absolute Gasteiger partial charge is 0.264 e. The number of amides is 1. The normalized spacial score (nSPS) is 23.2. The van der Waals surface area contributed by atoms with Crippen molar-refractivity contribution in [3.05, 3.63) is 18.0 Å². The first-order valence-corrected chi connectivity index (χ1v) is 8.18. The van der Waals surface area contributed by atoms with Crippen LogP contribution in [0.4, 0.5) is 5.69 Å². The molecule has 1 fully saturated rings. The van der Waals surface area contributed by atoms with Crippen molar-refractivity contribution in [3.8, 4) is 0 Å². The second-order valence-electron chi connectivity index (χ2n) is 6.56. The maximum Gasteiger partial charge on any atom is 0.264 e. The third kappa shape index (κ3) is 2.29. The molecule has 1 unspecified atom stereocenters. The van der Waals surface area contributed by atoms with Crippen molar-refractivity contribution < 1.29 is 9.63 Å². The number of fused-ring (bicyclic) bond motifs is 1. The zero-order valence-electron chi connectivity index (χ0n) is 13.7. The number of aryl methyl sites for hydroxylation is 1. The molecule has 3 heterocycles. The first-order valence-electron chi connectivity index (χ1n) is 8.18. The number of hydrogen-bond acceptors (Lipinski definition) is 6. The van der Waals surface area contributed by atoms with Crippen LogP contribution < -0.4 is 11.1 Å². The van der Waals surface area contributed by atoms with E-state index in [-0.39, 0.29) is 0 Å². The molecule has 0 radical (unpaired) electrons. The van der Waals surface area contributed by atoms with Crippen molar-refractivity contribution in [3.63, 3.8) is 0 Å². The number of nitrogens with two attached hydrogens (primary N) is 1. The van der Waals surface area contributed by atoms with Gasteiger partial charge in [0.2, 0.25) is 5.60 Å². The molecular formula is C16H20N6O2. The zero-order valence-corrected chi connectivity index (χ0v) is 13.7. The van der Waals surface area contributed by atoms with Crippen LogP contribution >= 0.6 is 0 Å². The lowest BCUT2D eigenvalue weighted by molar-refractivity contribution is -0.138. The molecule has 0 aromatic carbocycles. The molecule has 0 saturated heterocycles. The second-order valence-corrected chi connectivity index (χ2v) is 6.56. The lowest BCUT2D eigenvalue weighted by atomic mass is 9.95. The van der Waals surface area contributed by atoms with Gasteiger partial charge in [-0.15, -0.1) is 0 Å². The number of carbonyl (C=O) groups is 1. The summed E-state index contributed by atoms with van der Waals surface area (Å²) in [6.07, 6.45) is 6.22. The lowest BCUT2D eigenvalue weighted by Crippen LogP contribution is -2.41. The van der Waals surface area contributed by atoms with Crippen LogP contribution in [0.3, 0.4) is 0 Å². The molecule has 8 heteroatoms. The Morgan fingerprint density at radius 2 is 2.29 bits per heavy atom. The highest BCUT2D eigenvalue weighted by Crippen LogP contribution is 2.35. The van der Waals surface area contributed by atoms with Crippen LogP contribution in [-0.4, -0.2) is 38.0 Å². The van der Waals surface area contributed by atoms with Crippen molar-refractivity contribution in [1.29, 1.82) is 0 Å². The van der Waals surface area contributed by atoms with Crippen molar-refractivity contribution in [1.82, 2.24) is 14.8 Å². The van der Waals surface area contributed by atoms with Crippen molar-refractivity contribution in [2.45, 2.75) is 51.3 Å². The fourth-order valence-electron chi connectivity index (χ4n) is 2.88. The van der Waals surface area contributed by atoms with E-state index in [0.717, 1.165) is 41.7 Å². The Bertz CT molecular complexity index is 854. The molecule has 4 rings (SSSR count).